The molecular formula is C21H28N6O6. The molecule has 0 spiro atoms. The predicted octanol–water partition coefficient (Wildman–Crippen LogP) is 1.06. The Morgan fingerprint density at radius 2 is 2.00 bits per heavy atom. The molecule has 1 aromatic carbocycles. The molecule has 1 saturated heterocycles. The molecule has 3 rings (SSSR count). The minimum atomic E-state index is -0.779. The van der Waals surface area contributed by atoms with Gasteiger partial charge in [-0.15, -0.1) is 5.10 Å². The lowest BCUT2D eigenvalue weighted by atomic mass is 9.85. The highest BCUT2D eigenvalue weighted by Gasteiger charge is 2.45. The SMILES string of the molecule is CNC(=O)[C@@H]1C[C@@H](O)CN1C(=O)[C@@H](n1cc(COc2ccc([N+](=O)[O-])cc2)nn1)C(C)(C)C. The molecule has 2 heterocycles. The summed E-state index contributed by atoms with van der Waals surface area (Å²) in [6.45, 7) is 5.75. The van der Waals surface area contributed by atoms with Crippen molar-refractivity contribution in [3.05, 3.63) is 46.3 Å². The minimum absolute atomic E-state index is 0.0399. The van der Waals surface area contributed by atoms with Gasteiger partial charge in [-0.1, -0.05) is 26.0 Å². The van der Waals surface area contributed by atoms with E-state index in [4.69, 9.17) is 4.74 Å². The maximum atomic E-state index is 13.5. The van der Waals surface area contributed by atoms with Crippen LogP contribution in [-0.4, -0.2) is 67.5 Å². The zero-order chi connectivity index (χ0) is 24.3. The van der Waals surface area contributed by atoms with Crippen molar-refractivity contribution in [2.45, 2.75) is 52.0 Å². The third-order valence-electron chi connectivity index (χ3n) is 5.42. The number of amides is 2. The Hall–Kier alpha value is -3.54. The molecule has 1 fully saturated rings. The first-order valence-electron chi connectivity index (χ1n) is 10.5. The van der Waals surface area contributed by atoms with Gasteiger partial charge in [0, 0.05) is 32.1 Å². The lowest BCUT2D eigenvalue weighted by molar-refractivity contribution is -0.384. The summed E-state index contributed by atoms with van der Waals surface area (Å²) in [5.41, 5.74) is -0.149. The largest absolute Gasteiger partial charge is 0.487 e. The van der Waals surface area contributed by atoms with Crippen LogP contribution in [0.5, 0.6) is 5.75 Å². The topological polar surface area (TPSA) is 153 Å². The molecule has 12 heteroatoms. The summed E-state index contributed by atoms with van der Waals surface area (Å²) in [5.74, 6) is -0.234. The van der Waals surface area contributed by atoms with Crippen molar-refractivity contribution >= 4 is 17.5 Å². The normalized spacial score (nSPS) is 19.2. The third-order valence-corrected chi connectivity index (χ3v) is 5.42. The molecule has 2 N–H and O–H groups in total. The second-order valence-electron chi connectivity index (χ2n) is 9.01. The van der Waals surface area contributed by atoms with E-state index in [1.54, 1.807) is 6.20 Å². The van der Waals surface area contributed by atoms with Gasteiger partial charge in [0.05, 0.1) is 17.2 Å². The fourth-order valence-corrected chi connectivity index (χ4v) is 3.84. The van der Waals surface area contributed by atoms with E-state index in [0.717, 1.165) is 0 Å². The molecule has 3 atom stereocenters. The van der Waals surface area contributed by atoms with Gasteiger partial charge in [-0.05, 0) is 17.5 Å². The number of aliphatic hydroxyl groups excluding tert-OH is 1. The summed E-state index contributed by atoms with van der Waals surface area (Å²) in [4.78, 5) is 37.4. The van der Waals surface area contributed by atoms with Gasteiger partial charge < -0.3 is 20.1 Å². The Labute approximate surface area is 190 Å². The van der Waals surface area contributed by atoms with E-state index >= 15 is 0 Å². The Morgan fingerprint density at radius 3 is 2.58 bits per heavy atom. The molecule has 0 radical (unpaired) electrons. The number of nitro groups is 1. The van der Waals surface area contributed by atoms with Crippen LogP contribution in [-0.2, 0) is 16.2 Å². The van der Waals surface area contributed by atoms with Crippen molar-refractivity contribution < 1.29 is 24.4 Å². The highest BCUT2D eigenvalue weighted by atomic mass is 16.6. The van der Waals surface area contributed by atoms with Crippen LogP contribution >= 0.6 is 0 Å². The number of nitrogens with zero attached hydrogens (tertiary/aromatic N) is 5. The third kappa shape index (κ3) is 5.45. The second kappa shape index (κ2) is 9.53. The molecule has 2 aromatic rings. The van der Waals surface area contributed by atoms with Crippen LogP contribution in [0.2, 0.25) is 0 Å². The van der Waals surface area contributed by atoms with Gasteiger partial charge in [-0.25, -0.2) is 4.68 Å². The summed E-state index contributed by atoms with van der Waals surface area (Å²) in [7, 11) is 1.49. The van der Waals surface area contributed by atoms with Crippen LogP contribution in [0.4, 0.5) is 5.69 Å². The smallest absolute Gasteiger partial charge is 0.269 e. The van der Waals surface area contributed by atoms with Gasteiger partial charge in [0.15, 0.2) is 0 Å². The predicted molar refractivity (Wildman–Crippen MR) is 116 cm³/mol. The first-order chi connectivity index (χ1) is 15.5. The number of non-ortho nitro benzene ring substituents is 1. The number of hydrogen-bond acceptors (Lipinski definition) is 8. The summed E-state index contributed by atoms with van der Waals surface area (Å²) >= 11 is 0. The first kappa shape index (κ1) is 24.1. The van der Waals surface area contributed by atoms with Crippen LogP contribution in [0.3, 0.4) is 0 Å². The standard InChI is InChI=1S/C21H28N6O6/c1-21(2,3)18(20(30)25-11-15(28)9-17(25)19(29)22-4)26-10-13(23-24-26)12-33-16-7-5-14(6-8-16)27(31)32/h5-8,10,15,17-18,28H,9,11-12H2,1-4H3,(H,22,29)/t15-,17+,18-/m1/s1. The molecule has 33 heavy (non-hydrogen) atoms. The van der Waals surface area contributed by atoms with Crippen LogP contribution in [0.1, 0.15) is 38.9 Å². The lowest BCUT2D eigenvalue weighted by Gasteiger charge is -2.34. The Bertz CT molecular complexity index is 1010. The molecule has 2 amide bonds. The van der Waals surface area contributed by atoms with Gasteiger partial charge in [0.1, 0.15) is 30.1 Å². The number of aromatic nitrogens is 3. The van der Waals surface area contributed by atoms with Crippen molar-refractivity contribution in [3.8, 4) is 5.75 Å². The van der Waals surface area contributed by atoms with E-state index in [2.05, 4.69) is 15.6 Å². The number of carbonyl (C=O) groups excluding carboxylic acids is 2. The molecule has 1 aromatic heterocycles. The van der Waals surface area contributed by atoms with Crippen molar-refractivity contribution in [2.75, 3.05) is 13.6 Å². The van der Waals surface area contributed by atoms with E-state index < -0.39 is 28.5 Å². The molecule has 0 saturated carbocycles. The number of β-amino-alcohol motifs (C(OH)–C–C–N with tert-alkyl or cyclic N) is 1. The van der Waals surface area contributed by atoms with Gasteiger partial charge in [0.2, 0.25) is 11.8 Å². The fourth-order valence-electron chi connectivity index (χ4n) is 3.84. The molecule has 0 aliphatic carbocycles. The number of aliphatic hydroxyl groups is 1. The average molecular weight is 460 g/mol. The highest BCUT2D eigenvalue weighted by Crippen LogP contribution is 2.34. The lowest BCUT2D eigenvalue weighted by Crippen LogP contribution is -2.49. The molecule has 0 unspecified atom stereocenters. The van der Waals surface area contributed by atoms with E-state index in [-0.39, 0.29) is 37.1 Å². The Morgan fingerprint density at radius 1 is 1.33 bits per heavy atom. The van der Waals surface area contributed by atoms with E-state index in [0.29, 0.717) is 11.4 Å². The number of nitrogens with one attached hydrogen (secondary N) is 1. The minimum Gasteiger partial charge on any atom is -0.487 e. The van der Waals surface area contributed by atoms with Crippen molar-refractivity contribution in [1.82, 2.24) is 25.2 Å². The molecular weight excluding hydrogens is 432 g/mol. The zero-order valence-electron chi connectivity index (χ0n) is 19.0. The fraction of sp³-hybridized carbons (Fsp3) is 0.524. The van der Waals surface area contributed by atoms with Crippen LogP contribution in [0.15, 0.2) is 30.5 Å². The highest BCUT2D eigenvalue weighted by molar-refractivity contribution is 5.90. The number of ether oxygens (including phenoxy) is 1. The molecule has 0 bridgehead atoms. The number of likely N-dealkylation sites (N-methyl/N-ethyl adjacent to an activating group) is 1. The quantitative estimate of drug-likeness (QED) is 0.459. The second-order valence-corrected chi connectivity index (χ2v) is 9.01. The van der Waals surface area contributed by atoms with E-state index in [1.165, 1.54) is 40.9 Å². The summed E-state index contributed by atoms with van der Waals surface area (Å²) < 4.78 is 7.07. The zero-order valence-corrected chi connectivity index (χ0v) is 19.0. The van der Waals surface area contributed by atoms with Crippen molar-refractivity contribution in [3.63, 3.8) is 0 Å². The average Bonchev–Trinajstić information content (AvgIpc) is 3.37. The number of hydrogen-bond donors (Lipinski definition) is 2. The van der Waals surface area contributed by atoms with Gasteiger partial charge in [-0.2, -0.15) is 0 Å². The van der Waals surface area contributed by atoms with E-state index in [9.17, 15) is 24.8 Å². The summed E-state index contributed by atoms with van der Waals surface area (Å²) in [5, 5.41) is 31.6. The Kier molecular flexibility index (Phi) is 6.96. The monoisotopic (exact) mass is 460 g/mol. The van der Waals surface area contributed by atoms with Crippen LogP contribution in [0, 0.1) is 15.5 Å². The van der Waals surface area contributed by atoms with Gasteiger partial charge >= 0.3 is 0 Å². The molecule has 1 aliphatic heterocycles. The number of rotatable bonds is 7. The van der Waals surface area contributed by atoms with Crippen molar-refractivity contribution in [2.24, 2.45) is 5.41 Å². The molecule has 12 nitrogen and oxygen atoms in total. The van der Waals surface area contributed by atoms with Crippen LogP contribution < -0.4 is 10.1 Å². The van der Waals surface area contributed by atoms with Gasteiger partial charge in [0.25, 0.3) is 5.69 Å². The summed E-state index contributed by atoms with van der Waals surface area (Å²) in [6.07, 6.45) is 0.993. The Balaban J connectivity index is 1.76. The van der Waals surface area contributed by atoms with E-state index in [1.807, 2.05) is 20.8 Å². The van der Waals surface area contributed by atoms with Gasteiger partial charge in [-0.3, -0.25) is 19.7 Å². The maximum Gasteiger partial charge on any atom is 0.269 e. The molecule has 1 aliphatic rings. The number of likely N-dealkylation sites (tertiary alicyclic amines) is 1. The number of nitro benzene ring substituents is 1. The number of carbonyl (C=O) groups is 2. The van der Waals surface area contributed by atoms with Crippen LogP contribution in [0.25, 0.3) is 0 Å². The number of benzene rings is 1. The maximum absolute atomic E-state index is 13.5. The summed E-state index contributed by atoms with van der Waals surface area (Å²) in [6, 6.07) is 4.14. The first-order valence-corrected chi connectivity index (χ1v) is 10.5. The molecule has 178 valence electrons. The van der Waals surface area contributed by atoms with Crippen molar-refractivity contribution in [1.29, 1.82) is 0 Å².